The number of amides is 2. The van der Waals surface area contributed by atoms with Gasteiger partial charge in [-0.25, -0.2) is 14.7 Å². The summed E-state index contributed by atoms with van der Waals surface area (Å²) in [4.78, 5) is 43.6. The van der Waals surface area contributed by atoms with E-state index in [1.165, 1.54) is 25.3 Å². The molecule has 0 saturated heterocycles. The van der Waals surface area contributed by atoms with E-state index in [2.05, 4.69) is 4.98 Å². The lowest BCUT2D eigenvalue weighted by Gasteiger charge is -2.18. The van der Waals surface area contributed by atoms with E-state index in [1.54, 1.807) is 32.4 Å². The normalized spacial score (nSPS) is 12.5. The summed E-state index contributed by atoms with van der Waals surface area (Å²) in [5.74, 6) is -0.668. The van der Waals surface area contributed by atoms with Crippen molar-refractivity contribution in [2.75, 3.05) is 26.2 Å². The molecule has 2 heterocycles. The first-order valence-electron chi connectivity index (χ1n) is 12.4. The van der Waals surface area contributed by atoms with E-state index in [4.69, 9.17) is 18.6 Å². The number of hydrogen-bond acceptors (Lipinski definition) is 8. The number of aromatic carboxylic acids is 1. The molecule has 1 aliphatic rings. The Morgan fingerprint density at radius 1 is 0.732 bits per heavy atom. The van der Waals surface area contributed by atoms with Crippen LogP contribution in [0.1, 0.15) is 31.1 Å². The highest BCUT2D eigenvalue weighted by molar-refractivity contribution is 6.35. The van der Waals surface area contributed by atoms with E-state index < -0.39 is 17.8 Å². The maximum atomic E-state index is 13.3. The second-order valence-electron chi connectivity index (χ2n) is 9.17. The molecule has 1 N–H and O–H groups in total. The van der Waals surface area contributed by atoms with Gasteiger partial charge in [-0.05, 0) is 71.8 Å². The minimum atomic E-state index is -1.20. The number of benzene rings is 4. The second kappa shape index (κ2) is 9.83. The Hall–Kier alpha value is -5.64. The fourth-order valence-electron chi connectivity index (χ4n) is 4.84. The van der Waals surface area contributed by atoms with Crippen LogP contribution >= 0.6 is 0 Å². The third kappa shape index (κ3) is 4.22. The number of rotatable bonds is 7. The number of oxazole rings is 1. The summed E-state index contributed by atoms with van der Waals surface area (Å²) in [5.41, 5.74) is 3.65. The van der Waals surface area contributed by atoms with Gasteiger partial charge < -0.3 is 23.7 Å². The quantitative estimate of drug-likeness (QED) is 0.254. The molecule has 0 aliphatic carbocycles. The van der Waals surface area contributed by atoms with Crippen molar-refractivity contribution >= 4 is 34.6 Å². The molecule has 0 atom stereocenters. The first-order valence-corrected chi connectivity index (χ1v) is 12.4. The number of methoxy groups -OCH3 is 3. The van der Waals surface area contributed by atoms with Crippen LogP contribution in [0.5, 0.6) is 17.2 Å². The highest BCUT2D eigenvalue weighted by atomic mass is 16.5. The Morgan fingerprint density at radius 3 is 2.12 bits per heavy atom. The average molecular weight is 551 g/mol. The number of ether oxygens (including phenoxy) is 3. The van der Waals surface area contributed by atoms with Crippen molar-refractivity contribution in [3.63, 3.8) is 0 Å². The predicted octanol–water partition coefficient (Wildman–Crippen LogP) is 5.69. The van der Waals surface area contributed by atoms with E-state index in [-0.39, 0.29) is 34.0 Å². The topological polar surface area (TPSA) is 128 Å². The van der Waals surface area contributed by atoms with Crippen molar-refractivity contribution < 1.29 is 38.1 Å². The smallest absolute Gasteiger partial charge is 0.335 e. The standard InChI is InChI=1S/C31H22N2O8/c1-38-25-10-7-18(14-23(25)33-29(34)20-8-4-19(31(36)37)12-21(20)30(33)35)28-32-22-13-16(5-9-24(22)41-28)17-6-11-26(39-2)27(15-17)40-3/h4-15H,1-3H3,(H,36,37). The van der Waals surface area contributed by atoms with Crippen LogP contribution in [0, 0.1) is 0 Å². The van der Waals surface area contributed by atoms with Gasteiger partial charge in [0.05, 0.1) is 43.7 Å². The lowest BCUT2D eigenvalue weighted by atomic mass is 10.0. The summed E-state index contributed by atoms with van der Waals surface area (Å²) < 4.78 is 22.2. The van der Waals surface area contributed by atoms with Gasteiger partial charge in [0.15, 0.2) is 17.1 Å². The Kier molecular flexibility index (Phi) is 6.15. The maximum absolute atomic E-state index is 13.3. The van der Waals surface area contributed by atoms with Gasteiger partial charge in [-0.2, -0.15) is 0 Å². The maximum Gasteiger partial charge on any atom is 0.335 e. The lowest BCUT2D eigenvalue weighted by molar-refractivity contribution is 0.0696. The summed E-state index contributed by atoms with van der Waals surface area (Å²) in [7, 11) is 4.58. The van der Waals surface area contributed by atoms with E-state index in [1.807, 2.05) is 36.4 Å². The third-order valence-electron chi connectivity index (χ3n) is 6.90. The Balaban J connectivity index is 1.38. The van der Waals surface area contributed by atoms with Crippen molar-refractivity contribution in [3.05, 3.63) is 89.5 Å². The number of hydrogen-bond donors (Lipinski definition) is 1. The molecule has 0 fully saturated rings. The molecule has 1 aromatic heterocycles. The molecule has 0 bridgehead atoms. The number of aromatic nitrogens is 1. The number of anilines is 1. The van der Waals surface area contributed by atoms with E-state index in [0.717, 1.165) is 16.0 Å². The summed E-state index contributed by atoms with van der Waals surface area (Å²) in [5, 5.41) is 9.32. The van der Waals surface area contributed by atoms with E-state index >= 15 is 0 Å². The third-order valence-corrected chi connectivity index (χ3v) is 6.90. The van der Waals surface area contributed by atoms with Crippen LogP contribution in [-0.2, 0) is 0 Å². The summed E-state index contributed by atoms with van der Waals surface area (Å²) in [6.45, 7) is 0. The zero-order chi connectivity index (χ0) is 28.8. The molecule has 41 heavy (non-hydrogen) atoms. The molecule has 0 spiro atoms. The molecule has 2 amide bonds. The minimum absolute atomic E-state index is 0.00640. The fourth-order valence-corrected chi connectivity index (χ4v) is 4.84. The zero-order valence-electron chi connectivity index (χ0n) is 22.1. The molecule has 10 nitrogen and oxygen atoms in total. The number of carboxylic acid groups (broad SMARTS) is 1. The summed E-state index contributed by atoms with van der Waals surface area (Å²) in [6, 6.07) is 20.0. The second-order valence-corrected chi connectivity index (χ2v) is 9.17. The molecule has 0 saturated carbocycles. The minimum Gasteiger partial charge on any atom is -0.495 e. The van der Waals surface area contributed by atoms with Gasteiger partial charge in [0.2, 0.25) is 5.89 Å². The van der Waals surface area contributed by atoms with Crippen LogP contribution in [0.25, 0.3) is 33.7 Å². The first-order chi connectivity index (χ1) is 19.8. The molecule has 0 unspecified atom stereocenters. The lowest BCUT2D eigenvalue weighted by Crippen LogP contribution is -2.29. The van der Waals surface area contributed by atoms with Crippen LogP contribution in [0.4, 0.5) is 5.69 Å². The Bertz CT molecular complexity index is 1890. The number of carboxylic acids is 1. The molecule has 1 aliphatic heterocycles. The first kappa shape index (κ1) is 25.6. The number of carbonyl (C=O) groups excluding carboxylic acids is 2. The molecule has 204 valence electrons. The van der Waals surface area contributed by atoms with Gasteiger partial charge in [0.25, 0.3) is 11.8 Å². The molecule has 10 heteroatoms. The van der Waals surface area contributed by atoms with Crippen LogP contribution in [-0.4, -0.2) is 49.2 Å². The molecular formula is C31H22N2O8. The van der Waals surface area contributed by atoms with Crippen molar-refractivity contribution in [1.29, 1.82) is 0 Å². The summed E-state index contributed by atoms with van der Waals surface area (Å²) in [6.07, 6.45) is 0. The van der Waals surface area contributed by atoms with E-state index in [0.29, 0.717) is 28.2 Å². The Morgan fingerprint density at radius 2 is 1.39 bits per heavy atom. The molecular weight excluding hydrogens is 528 g/mol. The van der Waals surface area contributed by atoms with Crippen molar-refractivity contribution in [3.8, 4) is 39.8 Å². The Labute approximate surface area is 233 Å². The molecule has 0 radical (unpaired) electrons. The SMILES string of the molecule is COc1ccc(-c2ccc3oc(-c4ccc(OC)c(N5C(=O)c6ccc(C(=O)O)cc6C5=O)c4)nc3c2)cc1OC. The average Bonchev–Trinajstić information content (AvgIpc) is 3.54. The molecule has 4 aromatic carbocycles. The zero-order valence-corrected chi connectivity index (χ0v) is 22.1. The van der Waals surface area contributed by atoms with Crippen LogP contribution < -0.4 is 19.1 Å². The highest BCUT2D eigenvalue weighted by Gasteiger charge is 2.39. The van der Waals surface area contributed by atoms with Crippen molar-refractivity contribution in [2.24, 2.45) is 0 Å². The van der Waals surface area contributed by atoms with Gasteiger partial charge >= 0.3 is 5.97 Å². The van der Waals surface area contributed by atoms with Gasteiger partial charge in [0.1, 0.15) is 11.3 Å². The number of carbonyl (C=O) groups is 3. The van der Waals surface area contributed by atoms with Crippen molar-refractivity contribution in [2.45, 2.75) is 0 Å². The van der Waals surface area contributed by atoms with Crippen molar-refractivity contribution in [1.82, 2.24) is 4.98 Å². The fraction of sp³-hybridized carbons (Fsp3) is 0.0968. The van der Waals surface area contributed by atoms with Gasteiger partial charge in [0, 0.05) is 5.56 Å². The highest BCUT2D eigenvalue weighted by Crippen LogP contribution is 2.39. The number of imide groups is 1. The number of fused-ring (bicyclic) bond motifs is 2. The van der Waals surface area contributed by atoms with Crippen LogP contribution in [0.3, 0.4) is 0 Å². The van der Waals surface area contributed by atoms with Crippen LogP contribution in [0.15, 0.2) is 77.2 Å². The predicted molar refractivity (Wildman–Crippen MR) is 149 cm³/mol. The summed E-state index contributed by atoms with van der Waals surface area (Å²) >= 11 is 0. The largest absolute Gasteiger partial charge is 0.495 e. The molecule has 6 rings (SSSR count). The molecule has 5 aromatic rings. The number of nitrogens with zero attached hydrogens (tertiary/aromatic N) is 2. The van der Waals surface area contributed by atoms with E-state index in [9.17, 15) is 19.5 Å². The van der Waals surface area contributed by atoms with Crippen LogP contribution in [0.2, 0.25) is 0 Å². The van der Waals surface area contributed by atoms with Gasteiger partial charge in [-0.3, -0.25) is 9.59 Å². The van der Waals surface area contributed by atoms with Gasteiger partial charge in [-0.1, -0.05) is 12.1 Å². The van der Waals surface area contributed by atoms with Gasteiger partial charge in [-0.15, -0.1) is 0 Å². The monoisotopic (exact) mass is 550 g/mol.